The molecule has 0 saturated carbocycles. The molecule has 1 aromatic heterocycles. The van der Waals surface area contributed by atoms with Crippen molar-refractivity contribution in [3.05, 3.63) is 47.1 Å². The summed E-state index contributed by atoms with van der Waals surface area (Å²) in [5.41, 5.74) is 1.54. The zero-order chi connectivity index (χ0) is 20.0. The molecule has 0 aliphatic rings. The molecular weight excluding hydrogens is 385 g/mol. The van der Waals surface area contributed by atoms with Gasteiger partial charge in [0, 0.05) is 23.2 Å². The van der Waals surface area contributed by atoms with Crippen molar-refractivity contribution < 1.29 is 27.5 Å². The van der Waals surface area contributed by atoms with Gasteiger partial charge in [0.15, 0.2) is 12.4 Å². The van der Waals surface area contributed by atoms with E-state index in [0.717, 1.165) is 0 Å². The van der Waals surface area contributed by atoms with Crippen molar-refractivity contribution in [1.29, 1.82) is 0 Å². The molecule has 1 aromatic carbocycles. The summed E-state index contributed by atoms with van der Waals surface area (Å²) in [6, 6.07) is 8.00. The normalized spacial score (nSPS) is 12.0. The van der Waals surface area contributed by atoms with E-state index < -0.39 is 12.8 Å². The van der Waals surface area contributed by atoms with Gasteiger partial charge in [-0.1, -0.05) is 28.9 Å². The van der Waals surface area contributed by atoms with E-state index >= 15 is 0 Å². The minimum Gasteiger partial charge on any atom is -0.468 e. The Hall–Kier alpha value is -2.61. The van der Waals surface area contributed by atoms with Gasteiger partial charge >= 0.3 is 6.18 Å². The van der Waals surface area contributed by atoms with E-state index in [1.807, 2.05) is 0 Å². The summed E-state index contributed by atoms with van der Waals surface area (Å²) in [5, 5.41) is 4.04. The van der Waals surface area contributed by atoms with E-state index in [2.05, 4.69) is 15.0 Å². The number of aromatic nitrogens is 1. The van der Waals surface area contributed by atoms with E-state index in [9.17, 15) is 18.0 Å². The Labute approximate surface area is 158 Å². The fourth-order valence-electron chi connectivity index (χ4n) is 2.19. The van der Waals surface area contributed by atoms with Gasteiger partial charge < -0.3 is 9.57 Å². The Morgan fingerprint density at radius 2 is 1.93 bits per heavy atom. The summed E-state index contributed by atoms with van der Waals surface area (Å²) in [6.45, 7) is 0.0264. The number of oxime groups is 1. The highest BCUT2D eigenvalue weighted by molar-refractivity contribution is 6.39. The van der Waals surface area contributed by atoms with Crippen LogP contribution in [0.3, 0.4) is 0 Å². The molecule has 0 saturated heterocycles. The molecule has 0 spiro atoms. The van der Waals surface area contributed by atoms with Crippen molar-refractivity contribution in [2.75, 3.05) is 13.7 Å². The summed E-state index contributed by atoms with van der Waals surface area (Å²) in [5.74, 6) is -0.488. The van der Waals surface area contributed by atoms with Crippen LogP contribution in [0.4, 0.5) is 13.2 Å². The molecule has 0 bridgehead atoms. The lowest BCUT2D eigenvalue weighted by Gasteiger charge is -2.13. The van der Waals surface area contributed by atoms with Crippen molar-refractivity contribution in [1.82, 2.24) is 4.98 Å². The van der Waals surface area contributed by atoms with Gasteiger partial charge in [0.25, 0.3) is 0 Å². The van der Waals surface area contributed by atoms with Crippen LogP contribution in [0.1, 0.15) is 12.5 Å². The topological polar surface area (TPSA) is 60.8 Å². The highest BCUT2D eigenvalue weighted by Crippen LogP contribution is 2.31. The number of nitrogens with zero attached hydrogens (tertiary/aromatic N) is 2. The smallest absolute Gasteiger partial charge is 0.422 e. The van der Waals surface area contributed by atoms with E-state index in [1.165, 1.54) is 20.2 Å². The highest BCUT2D eigenvalue weighted by atomic mass is 35.5. The van der Waals surface area contributed by atoms with Crippen LogP contribution in [0, 0.1) is 0 Å². The number of carbonyl (C=O) groups excluding carboxylic acids is 1. The van der Waals surface area contributed by atoms with Gasteiger partial charge in [-0.15, -0.1) is 0 Å². The number of alkyl halides is 3. The number of ketones is 1. The van der Waals surface area contributed by atoms with E-state index in [1.54, 1.807) is 30.3 Å². The number of halogens is 4. The molecule has 144 valence electrons. The largest absolute Gasteiger partial charge is 0.468 e. The summed E-state index contributed by atoms with van der Waals surface area (Å²) in [4.78, 5) is 20.6. The molecule has 0 fully saturated rings. The second-order valence-corrected chi connectivity index (χ2v) is 6.00. The quantitative estimate of drug-likeness (QED) is 0.508. The lowest BCUT2D eigenvalue weighted by Crippen LogP contribution is -2.20. The number of benzene rings is 1. The van der Waals surface area contributed by atoms with Crippen LogP contribution < -0.4 is 4.74 Å². The van der Waals surface area contributed by atoms with Crippen molar-refractivity contribution >= 4 is 23.1 Å². The lowest BCUT2D eigenvalue weighted by molar-refractivity contribution is -0.154. The number of hydrogen-bond acceptors (Lipinski definition) is 5. The van der Waals surface area contributed by atoms with Gasteiger partial charge in [-0.25, -0.2) is 4.98 Å². The molecule has 9 heteroatoms. The molecule has 1 heterocycles. The Morgan fingerprint density at radius 1 is 1.26 bits per heavy atom. The number of hydrogen-bond donors (Lipinski definition) is 0. The first kappa shape index (κ1) is 20.7. The second-order valence-electron chi connectivity index (χ2n) is 5.57. The Kier molecular flexibility index (Phi) is 6.79. The molecular formula is C18H16ClF3N2O3. The maximum Gasteiger partial charge on any atom is 0.422 e. The number of carbonyl (C=O) groups is 1. The molecule has 0 radical (unpaired) electrons. The van der Waals surface area contributed by atoms with Gasteiger partial charge in [-0.2, -0.15) is 13.2 Å². The highest BCUT2D eigenvalue weighted by Gasteiger charge is 2.29. The molecule has 2 rings (SSSR count). The molecule has 5 nitrogen and oxygen atoms in total. The van der Waals surface area contributed by atoms with Crippen LogP contribution in [0.5, 0.6) is 5.88 Å². The maximum absolute atomic E-state index is 12.5. The van der Waals surface area contributed by atoms with Crippen LogP contribution in [0.25, 0.3) is 11.1 Å². The van der Waals surface area contributed by atoms with Gasteiger partial charge in [0.2, 0.25) is 5.88 Å². The van der Waals surface area contributed by atoms with E-state index in [-0.39, 0.29) is 23.8 Å². The minimum absolute atomic E-state index is 0.0359. The predicted octanol–water partition coefficient (Wildman–Crippen LogP) is 4.48. The Morgan fingerprint density at radius 3 is 2.52 bits per heavy atom. The fourth-order valence-corrected chi connectivity index (χ4v) is 2.32. The monoisotopic (exact) mass is 400 g/mol. The van der Waals surface area contributed by atoms with Gasteiger partial charge in [-0.3, -0.25) is 4.79 Å². The van der Waals surface area contributed by atoms with Crippen LogP contribution >= 0.6 is 11.6 Å². The average molecular weight is 401 g/mol. The Bertz CT molecular complexity index is 837. The molecule has 0 aliphatic carbocycles. The van der Waals surface area contributed by atoms with Crippen molar-refractivity contribution in [2.24, 2.45) is 5.16 Å². The maximum atomic E-state index is 12.5. The van der Waals surface area contributed by atoms with Crippen LogP contribution in [-0.4, -0.2) is 36.4 Å². The summed E-state index contributed by atoms with van der Waals surface area (Å²) in [7, 11) is 1.32. The third-order valence-electron chi connectivity index (χ3n) is 3.43. The van der Waals surface area contributed by atoms with E-state index in [4.69, 9.17) is 16.3 Å². The number of rotatable bonds is 7. The molecule has 0 N–H and O–H groups in total. The first-order valence-corrected chi connectivity index (χ1v) is 8.13. The Balaban J connectivity index is 2.36. The van der Waals surface area contributed by atoms with Crippen molar-refractivity contribution in [2.45, 2.75) is 19.5 Å². The third-order valence-corrected chi connectivity index (χ3v) is 3.68. The molecule has 0 amide bonds. The van der Waals surface area contributed by atoms with Gasteiger partial charge in [0.05, 0.1) is 0 Å². The molecule has 2 aromatic rings. The van der Waals surface area contributed by atoms with Gasteiger partial charge in [-0.05, 0) is 36.2 Å². The third kappa shape index (κ3) is 6.25. The first-order chi connectivity index (χ1) is 12.7. The van der Waals surface area contributed by atoms with Gasteiger partial charge in [0.1, 0.15) is 12.8 Å². The number of pyridine rings is 1. The van der Waals surface area contributed by atoms with Crippen LogP contribution in [-0.2, 0) is 16.1 Å². The fraction of sp³-hybridized carbons (Fsp3) is 0.278. The summed E-state index contributed by atoms with van der Waals surface area (Å²) < 4.78 is 42.3. The summed E-state index contributed by atoms with van der Waals surface area (Å²) >= 11 is 5.86. The van der Waals surface area contributed by atoms with E-state index in [0.29, 0.717) is 21.7 Å². The lowest BCUT2D eigenvalue weighted by atomic mass is 10.0. The summed E-state index contributed by atoms with van der Waals surface area (Å²) in [6.07, 6.45) is -3.24. The van der Waals surface area contributed by atoms with Crippen molar-refractivity contribution in [3.8, 4) is 17.0 Å². The molecule has 27 heavy (non-hydrogen) atoms. The zero-order valence-corrected chi connectivity index (χ0v) is 15.3. The number of ether oxygens (including phenoxy) is 1. The van der Waals surface area contributed by atoms with Crippen molar-refractivity contribution in [3.63, 3.8) is 0 Å². The zero-order valence-electron chi connectivity index (χ0n) is 14.5. The molecule has 0 aliphatic heterocycles. The SMILES string of the molecule is CO/N=C(\C)C(=O)Cc1cnc(OCC(F)(F)F)c(-c2ccc(Cl)cc2)c1. The predicted molar refractivity (Wildman–Crippen MR) is 95.1 cm³/mol. The second kappa shape index (κ2) is 8.85. The minimum atomic E-state index is -4.50. The number of Topliss-reactive ketones (excluding diaryl/α,β-unsaturated/α-hetero) is 1. The van der Waals surface area contributed by atoms with Crippen LogP contribution in [0.2, 0.25) is 5.02 Å². The molecule has 0 unspecified atom stereocenters. The standard InChI is InChI=1S/C18H16ClF3N2O3/c1-11(24-26-2)16(25)8-12-7-15(13-3-5-14(19)6-4-13)17(23-9-12)27-10-18(20,21)22/h3-7,9H,8,10H2,1-2H3/b24-11+. The van der Waals surface area contributed by atoms with Crippen LogP contribution in [0.15, 0.2) is 41.7 Å². The first-order valence-electron chi connectivity index (χ1n) is 7.75. The molecule has 0 atom stereocenters. The average Bonchev–Trinajstić information content (AvgIpc) is 2.60.